The lowest BCUT2D eigenvalue weighted by atomic mass is 10.1. The normalized spacial score (nSPS) is 16.9. The molecule has 0 aliphatic carbocycles. The summed E-state index contributed by atoms with van der Waals surface area (Å²) in [6.07, 6.45) is 7.90. The Morgan fingerprint density at radius 3 is 2.74 bits per heavy atom. The molecule has 2 aliphatic rings. The number of amidine groups is 2. The van der Waals surface area contributed by atoms with Gasteiger partial charge < -0.3 is 4.57 Å². The molecule has 0 saturated heterocycles. The van der Waals surface area contributed by atoms with Crippen LogP contribution in [0.25, 0.3) is 17.0 Å². The number of nitrogens with one attached hydrogen (secondary N) is 1. The average Bonchev–Trinajstić information content (AvgIpc) is 3.40. The molecular weight excluding hydrogens is 466 g/mol. The van der Waals surface area contributed by atoms with E-state index in [1.54, 1.807) is 6.08 Å². The number of hydrazone groups is 1. The monoisotopic (exact) mass is 489 g/mol. The number of carbonyl (C=O) groups is 1. The molecule has 34 heavy (non-hydrogen) atoms. The number of thioether (sulfide) groups is 1. The molecule has 0 saturated carbocycles. The van der Waals surface area contributed by atoms with E-state index in [0.717, 1.165) is 52.8 Å². The molecule has 0 fully saturated rings. The first kappa shape index (κ1) is 22.6. The Bertz CT molecular complexity index is 1390. The molecule has 0 bridgehead atoms. The summed E-state index contributed by atoms with van der Waals surface area (Å²) in [5.74, 6) is -0.340. The number of hydrogen-bond donors (Lipinski definition) is 1. The second-order valence-corrected chi connectivity index (χ2v) is 9.74. The van der Waals surface area contributed by atoms with Gasteiger partial charge in [-0.25, -0.2) is 0 Å². The summed E-state index contributed by atoms with van der Waals surface area (Å²) >= 11 is 7.79. The molecule has 1 aromatic heterocycles. The lowest BCUT2D eigenvalue weighted by Gasteiger charge is -2.20. The van der Waals surface area contributed by atoms with Gasteiger partial charge in [0.25, 0.3) is 5.91 Å². The van der Waals surface area contributed by atoms with E-state index in [4.69, 9.17) is 17.0 Å². The van der Waals surface area contributed by atoms with Crippen LogP contribution in [0.1, 0.15) is 43.7 Å². The molecule has 5 rings (SSSR count). The number of carbonyl (C=O) groups excluding carboxylic acids is 1. The van der Waals surface area contributed by atoms with E-state index in [1.165, 1.54) is 16.8 Å². The van der Waals surface area contributed by atoms with Crippen molar-refractivity contribution in [2.24, 2.45) is 10.1 Å². The summed E-state index contributed by atoms with van der Waals surface area (Å²) in [6.45, 7) is 2.76. The Kier molecular flexibility index (Phi) is 6.39. The topological polar surface area (TPSA) is 73.8 Å². The lowest BCUT2D eigenvalue weighted by molar-refractivity contribution is -0.114. The minimum atomic E-state index is -0.406. The van der Waals surface area contributed by atoms with E-state index in [-0.39, 0.29) is 11.4 Å². The van der Waals surface area contributed by atoms with Crippen LogP contribution in [0.5, 0.6) is 0 Å². The highest BCUT2D eigenvalue weighted by molar-refractivity contribution is 8.26. The summed E-state index contributed by atoms with van der Waals surface area (Å²) in [5, 5.41) is 17.8. The molecule has 3 aromatic rings. The predicted octanol–water partition coefficient (Wildman–Crippen LogP) is 6.54. The van der Waals surface area contributed by atoms with Gasteiger partial charge >= 0.3 is 0 Å². The third-order valence-electron chi connectivity index (χ3n) is 5.91. The molecular formula is C26H24ClN5OS. The Balaban J connectivity index is 1.48. The van der Waals surface area contributed by atoms with Gasteiger partial charge in [0, 0.05) is 34.2 Å². The summed E-state index contributed by atoms with van der Waals surface area (Å²) in [5.41, 5.74) is 3.14. The van der Waals surface area contributed by atoms with Crippen molar-refractivity contribution < 1.29 is 4.79 Å². The minimum Gasteiger partial charge on any atom is -0.342 e. The number of rotatable bonds is 7. The first-order valence-corrected chi connectivity index (χ1v) is 12.5. The molecule has 8 heteroatoms. The fourth-order valence-electron chi connectivity index (χ4n) is 4.15. The quantitative estimate of drug-likeness (QED) is 0.302. The SMILES string of the molecule is CCCCCC1=NN2C(=N)/C(=C/c3cn(Cc4ccccc4Cl)c4ccccc34)C(=O)N=C2S1. The first-order valence-electron chi connectivity index (χ1n) is 11.4. The average molecular weight is 490 g/mol. The van der Waals surface area contributed by atoms with Crippen LogP contribution in [0.4, 0.5) is 0 Å². The van der Waals surface area contributed by atoms with Gasteiger partial charge in [-0.05, 0) is 48.4 Å². The number of fused-ring (bicyclic) bond motifs is 2. The van der Waals surface area contributed by atoms with Crippen LogP contribution in [-0.4, -0.2) is 31.5 Å². The number of amides is 1. The van der Waals surface area contributed by atoms with E-state index in [9.17, 15) is 4.79 Å². The smallest absolute Gasteiger partial charge is 0.283 e. The van der Waals surface area contributed by atoms with Crippen LogP contribution in [0.15, 0.2) is 70.4 Å². The zero-order valence-electron chi connectivity index (χ0n) is 18.8. The van der Waals surface area contributed by atoms with Gasteiger partial charge in [0.1, 0.15) is 5.04 Å². The molecule has 2 aliphatic heterocycles. The third kappa shape index (κ3) is 4.33. The molecule has 0 unspecified atom stereocenters. The molecule has 3 heterocycles. The molecule has 0 radical (unpaired) electrons. The fraction of sp³-hybridized carbons (Fsp3) is 0.231. The van der Waals surface area contributed by atoms with Crippen LogP contribution in [0.3, 0.4) is 0 Å². The zero-order valence-corrected chi connectivity index (χ0v) is 20.4. The number of nitrogens with zero attached hydrogens (tertiary/aromatic N) is 4. The summed E-state index contributed by atoms with van der Waals surface area (Å²) in [6, 6.07) is 15.8. The lowest BCUT2D eigenvalue weighted by Crippen LogP contribution is -2.35. The highest BCUT2D eigenvalue weighted by atomic mass is 35.5. The zero-order chi connectivity index (χ0) is 23.7. The number of hydrogen-bond acceptors (Lipinski definition) is 4. The predicted molar refractivity (Wildman–Crippen MR) is 142 cm³/mol. The standard InChI is InChI=1S/C26H24ClN5OS/c1-2-3-4-13-23-30-32-24(28)20(25(33)29-26(32)34-23)14-18-16-31(22-12-8-6-10-19(18)22)15-17-9-5-7-11-21(17)27/h5-12,14,16,28H,2-4,13,15H2,1H3/b20-14-,28-24?. The third-order valence-corrected chi connectivity index (χ3v) is 7.25. The fourth-order valence-corrected chi connectivity index (χ4v) is 5.27. The molecule has 0 atom stereocenters. The molecule has 1 amide bonds. The van der Waals surface area contributed by atoms with Crippen molar-refractivity contribution in [2.45, 2.75) is 39.2 Å². The number of unbranched alkanes of at least 4 members (excludes halogenated alkanes) is 2. The van der Waals surface area contributed by atoms with Gasteiger partial charge in [-0.2, -0.15) is 15.1 Å². The van der Waals surface area contributed by atoms with Gasteiger partial charge in [-0.3, -0.25) is 10.2 Å². The Hall–Kier alpha value is -3.16. The van der Waals surface area contributed by atoms with Crippen molar-refractivity contribution >= 4 is 62.3 Å². The highest BCUT2D eigenvalue weighted by Crippen LogP contribution is 2.32. The number of para-hydroxylation sites is 1. The second kappa shape index (κ2) is 9.60. The maximum absolute atomic E-state index is 12.9. The van der Waals surface area contributed by atoms with Crippen LogP contribution >= 0.6 is 23.4 Å². The van der Waals surface area contributed by atoms with Crippen molar-refractivity contribution in [1.29, 1.82) is 5.41 Å². The maximum Gasteiger partial charge on any atom is 0.283 e. The minimum absolute atomic E-state index is 0.0657. The van der Waals surface area contributed by atoms with Gasteiger partial charge in [0.2, 0.25) is 5.17 Å². The van der Waals surface area contributed by atoms with E-state index in [1.807, 2.05) is 54.7 Å². The maximum atomic E-state index is 12.9. The van der Waals surface area contributed by atoms with Gasteiger partial charge in [-0.1, -0.05) is 67.8 Å². The Morgan fingerprint density at radius 1 is 1.12 bits per heavy atom. The van der Waals surface area contributed by atoms with Gasteiger partial charge in [0.05, 0.1) is 5.57 Å². The highest BCUT2D eigenvalue weighted by Gasteiger charge is 2.35. The Labute approximate surface area is 207 Å². The van der Waals surface area contributed by atoms with E-state index in [2.05, 4.69) is 21.6 Å². The van der Waals surface area contributed by atoms with Crippen LogP contribution < -0.4 is 0 Å². The van der Waals surface area contributed by atoms with Crippen LogP contribution in [0, 0.1) is 5.41 Å². The molecule has 0 spiro atoms. The van der Waals surface area contributed by atoms with E-state index in [0.29, 0.717) is 16.7 Å². The van der Waals surface area contributed by atoms with Gasteiger partial charge in [0.15, 0.2) is 5.84 Å². The van der Waals surface area contributed by atoms with Crippen molar-refractivity contribution in [2.75, 3.05) is 0 Å². The number of aromatic nitrogens is 1. The largest absolute Gasteiger partial charge is 0.342 e. The Morgan fingerprint density at radius 2 is 1.91 bits per heavy atom. The second-order valence-electron chi connectivity index (χ2n) is 8.29. The summed E-state index contributed by atoms with van der Waals surface area (Å²) in [7, 11) is 0. The number of aliphatic imine (C=N–C) groups is 1. The number of benzene rings is 2. The van der Waals surface area contributed by atoms with Crippen molar-refractivity contribution in [3.8, 4) is 0 Å². The van der Waals surface area contributed by atoms with Gasteiger partial charge in [-0.15, -0.1) is 0 Å². The number of halogens is 1. The molecule has 2 aromatic carbocycles. The first-order chi connectivity index (χ1) is 16.5. The van der Waals surface area contributed by atoms with E-state index >= 15 is 0 Å². The van der Waals surface area contributed by atoms with Crippen molar-refractivity contribution in [3.05, 3.63) is 76.5 Å². The van der Waals surface area contributed by atoms with Crippen LogP contribution in [0.2, 0.25) is 5.02 Å². The molecule has 6 nitrogen and oxygen atoms in total. The van der Waals surface area contributed by atoms with Crippen molar-refractivity contribution in [1.82, 2.24) is 9.58 Å². The van der Waals surface area contributed by atoms with Crippen LogP contribution in [-0.2, 0) is 11.3 Å². The summed E-state index contributed by atoms with van der Waals surface area (Å²) in [4.78, 5) is 17.1. The summed E-state index contributed by atoms with van der Waals surface area (Å²) < 4.78 is 2.12. The molecule has 172 valence electrons. The van der Waals surface area contributed by atoms with E-state index < -0.39 is 5.91 Å². The molecule has 1 N–H and O–H groups in total. The van der Waals surface area contributed by atoms with Crippen molar-refractivity contribution in [3.63, 3.8) is 0 Å².